The van der Waals surface area contributed by atoms with E-state index in [4.69, 9.17) is 0 Å². The van der Waals surface area contributed by atoms with Crippen molar-refractivity contribution < 1.29 is 9.90 Å². The number of carbonyl (C=O) groups excluding carboxylic acids is 1. The molecule has 0 spiro atoms. The molecule has 2 heterocycles. The van der Waals surface area contributed by atoms with Gasteiger partial charge in [0, 0.05) is 12.1 Å². The summed E-state index contributed by atoms with van der Waals surface area (Å²) < 4.78 is 1.62. The minimum atomic E-state index is -0.511. The molecule has 1 aliphatic rings. The molecule has 2 aromatic rings. The predicted octanol–water partition coefficient (Wildman–Crippen LogP) is 1.64. The number of nitrogens with zero attached hydrogens (tertiary/aromatic N) is 4. The van der Waals surface area contributed by atoms with Gasteiger partial charge in [-0.3, -0.25) is 4.79 Å². The first-order valence-electron chi connectivity index (χ1n) is 7.61. The number of hydrogen-bond acceptors (Lipinski definition) is 4. The lowest BCUT2D eigenvalue weighted by Crippen LogP contribution is -2.48. The van der Waals surface area contributed by atoms with Gasteiger partial charge in [-0.15, -0.1) is 0 Å². The molecule has 0 radical (unpaired) electrons. The molecule has 1 amide bonds. The Kier molecular flexibility index (Phi) is 4.20. The number of rotatable bonds is 3. The highest BCUT2D eigenvalue weighted by atomic mass is 16.3. The maximum Gasteiger partial charge on any atom is 0.254 e. The van der Waals surface area contributed by atoms with Gasteiger partial charge in [0.15, 0.2) is 0 Å². The lowest BCUT2D eigenvalue weighted by molar-refractivity contribution is 0.0281. The molecule has 1 fully saturated rings. The number of benzene rings is 1. The van der Waals surface area contributed by atoms with E-state index in [0.717, 1.165) is 24.9 Å². The molecule has 1 aliphatic heterocycles. The largest absolute Gasteiger partial charge is 0.391 e. The predicted molar refractivity (Wildman–Crippen MR) is 81.7 cm³/mol. The zero-order valence-electron chi connectivity index (χ0n) is 12.6. The highest BCUT2D eigenvalue weighted by Crippen LogP contribution is 2.22. The molecule has 6 nitrogen and oxygen atoms in total. The number of piperidine rings is 1. The van der Waals surface area contributed by atoms with Gasteiger partial charge in [-0.2, -0.15) is 5.10 Å². The first kappa shape index (κ1) is 14.7. The van der Waals surface area contributed by atoms with Crippen molar-refractivity contribution in [1.29, 1.82) is 0 Å². The van der Waals surface area contributed by atoms with Crippen molar-refractivity contribution in [2.45, 2.75) is 38.3 Å². The quantitative estimate of drug-likeness (QED) is 0.935. The third-order valence-corrected chi connectivity index (χ3v) is 4.14. The first-order chi connectivity index (χ1) is 10.7. The summed E-state index contributed by atoms with van der Waals surface area (Å²) in [5, 5.41) is 14.0. The average molecular weight is 300 g/mol. The van der Waals surface area contributed by atoms with E-state index in [1.807, 2.05) is 18.2 Å². The Labute approximate surface area is 129 Å². The van der Waals surface area contributed by atoms with Crippen molar-refractivity contribution >= 4 is 5.91 Å². The third-order valence-electron chi connectivity index (χ3n) is 4.14. The molecular formula is C16H20N4O2. The Hall–Kier alpha value is -2.21. The van der Waals surface area contributed by atoms with Gasteiger partial charge in [0.1, 0.15) is 12.7 Å². The van der Waals surface area contributed by atoms with Crippen molar-refractivity contribution in [2.75, 3.05) is 6.54 Å². The number of aliphatic hydroxyl groups excluding tert-OH is 1. The Morgan fingerprint density at radius 3 is 3.00 bits per heavy atom. The molecule has 116 valence electrons. The Bertz CT molecular complexity index is 639. The second-order valence-corrected chi connectivity index (χ2v) is 5.69. The minimum Gasteiger partial charge on any atom is -0.391 e. The van der Waals surface area contributed by atoms with E-state index in [1.165, 1.54) is 6.33 Å². The van der Waals surface area contributed by atoms with Gasteiger partial charge >= 0.3 is 0 Å². The van der Waals surface area contributed by atoms with Crippen LogP contribution in [-0.2, 0) is 0 Å². The normalized spacial score (nSPS) is 19.9. The average Bonchev–Trinajstić information content (AvgIpc) is 3.09. The lowest BCUT2D eigenvalue weighted by Gasteiger charge is -2.37. The van der Waals surface area contributed by atoms with Crippen LogP contribution in [-0.4, -0.2) is 49.4 Å². The van der Waals surface area contributed by atoms with E-state index < -0.39 is 6.10 Å². The minimum absolute atomic E-state index is 0.0347. The highest BCUT2D eigenvalue weighted by Gasteiger charge is 2.30. The van der Waals surface area contributed by atoms with Gasteiger partial charge in [-0.05, 0) is 44.4 Å². The molecule has 1 aromatic heterocycles. The Balaban J connectivity index is 1.86. The van der Waals surface area contributed by atoms with Crippen molar-refractivity contribution in [3.63, 3.8) is 0 Å². The number of likely N-dealkylation sites (tertiary alicyclic amines) is 1. The summed E-state index contributed by atoms with van der Waals surface area (Å²) in [5.41, 5.74) is 1.41. The number of amides is 1. The van der Waals surface area contributed by atoms with E-state index >= 15 is 0 Å². The van der Waals surface area contributed by atoms with Crippen LogP contribution in [0.2, 0.25) is 0 Å². The molecule has 1 N–H and O–H groups in total. The summed E-state index contributed by atoms with van der Waals surface area (Å²) in [6.07, 6.45) is 5.44. The lowest BCUT2D eigenvalue weighted by atomic mass is 9.97. The first-order valence-corrected chi connectivity index (χ1v) is 7.61. The zero-order chi connectivity index (χ0) is 15.5. The monoisotopic (exact) mass is 300 g/mol. The van der Waals surface area contributed by atoms with Crippen LogP contribution in [0.1, 0.15) is 36.5 Å². The molecular weight excluding hydrogens is 280 g/mol. The number of carbonyl (C=O) groups is 1. The van der Waals surface area contributed by atoms with Crippen molar-refractivity contribution in [1.82, 2.24) is 19.7 Å². The molecule has 1 aromatic carbocycles. The highest BCUT2D eigenvalue weighted by molar-refractivity contribution is 5.95. The van der Waals surface area contributed by atoms with Gasteiger partial charge in [0.25, 0.3) is 5.91 Å². The fourth-order valence-electron chi connectivity index (χ4n) is 3.00. The summed E-state index contributed by atoms with van der Waals surface area (Å²) in [4.78, 5) is 18.5. The van der Waals surface area contributed by atoms with Crippen LogP contribution >= 0.6 is 0 Å². The van der Waals surface area contributed by atoms with Crippen LogP contribution < -0.4 is 0 Å². The molecule has 22 heavy (non-hydrogen) atoms. The number of hydrogen-bond donors (Lipinski definition) is 1. The van der Waals surface area contributed by atoms with Gasteiger partial charge in [-0.1, -0.05) is 6.07 Å². The second kappa shape index (κ2) is 6.27. The zero-order valence-corrected chi connectivity index (χ0v) is 12.6. The molecule has 0 bridgehead atoms. The molecule has 2 atom stereocenters. The summed E-state index contributed by atoms with van der Waals surface area (Å²) in [5.74, 6) is -0.0347. The fraction of sp³-hybridized carbons (Fsp3) is 0.438. The maximum absolute atomic E-state index is 12.8. The molecule has 0 aliphatic carbocycles. The fourth-order valence-corrected chi connectivity index (χ4v) is 3.00. The van der Waals surface area contributed by atoms with Crippen LogP contribution in [0.25, 0.3) is 5.69 Å². The van der Waals surface area contributed by atoms with Crippen molar-refractivity contribution in [3.8, 4) is 5.69 Å². The van der Waals surface area contributed by atoms with Crippen LogP contribution in [0, 0.1) is 0 Å². The second-order valence-electron chi connectivity index (χ2n) is 5.69. The van der Waals surface area contributed by atoms with Crippen LogP contribution in [0.15, 0.2) is 36.9 Å². The maximum atomic E-state index is 12.8. The Morgan fingerprint density at radius 1 is 1.41 bits per heavy atom. The Morgan fingerprint density at radius 2 is 2.27 bits per heavy atom. The molecule has 0 saturated carbocycles. The van der Waals surface area contributed by atoms with Crippen molar-refractivity contribution in [3.05, 3.63) is 42.5 Å². The molecule has 3 rings (SSSR count). The topological polar surface area (TPSA) is 71.2 Å². The number of aromatic nitrogens is 3. The van der Waals surface area contributed by atoms with E-state index in [0.29, 0.717) is 12.1 Å². The van der Waals surface area contributed by atoms with Crippen LogP contribution in [0.5, 0.6) is 0 Å². The third kappa shape index (κ3) is 2.87. The SMILES string of the molecule is CC(O)C1CCCCN1C(=O)c1cccc(-n2cncn2)c1. The van der Waals surface area contributed by atoms with E-state index in [2.05, 4.69) is 10.1 Å². The molecule has 6 heteroatoms. The van der Waals surface area contributed by atoms with E-state index in [-0.39, 0.29) is 11.9 Å². The molecule has 2 unspecified atom stereocenters. The summed E-state index contributed by atoms with van der Waals surface area (Å²) >= 11 is 0. The van der Waals surface area contributed by atoms with E-state index in [1.54, 1.807) is 28.9 Å². The molecule has 1 saturated heterocycles. The van der Waals surface area contributed by atoms with Gasteiger partial charge in [0.2, 0.25) is 0 Å². The van der Waals surface area contributed by atoms with Crippen molar-refractivity contribution in [2.24, 2.45) is 0 Å². The van der Waals surface area contributed by atoms with Gasteiger partial charge in [0.05, 0.1) is 17.8 Å². The standard InChI is InChI=1S/C16H20N4O2/c1-12(21)15-7-2-3-8-19(15)16(22)13-5-4-6-14(9-13)20-11-17-10-18-20/h4-6,9-12,15,21H,2-3,7-8H2,1H3. The van der Waals surface area contributed by atoms with Crippen LogP contribution in [0.3, 0.4) is 0 Å². The summed E-state index contributed by atoms with van der Waals surface area (Å²) in [6, 6.07) is 7.23. The van der Waals surface area contributed by atoms with Gasteiger partial charge < -0.3 is 10.0 Å². The van der Waals surface area contributed by atoms with E-state index in [9.17, 15) is 9.90 Å². The smallest absolute Gasteiger partial charge is 0.254 e. The van der Waals surface area contributed by atoms with Crippen LogP contribution in [0.4, 0.5) is 0 Å². The van der Waals surface area contributed by atoms with Gasteiger partial charge in [-0.25, -0.2) is 9.67 Å². The summed E-state index contributed by atoms with van der Waals surface area (Å²) in [6.45, 7) is 2.45. The summed E-state index contributed by atoms with van der Waals surface area (Å²) in [7, 11) is 0. The number of aliphatic hydroxyl groups is 1.